The van der Waals surface area contributed by atoms with Crippen molar-refractivity contribution < 1.29 is 0 Å². The van der Waals surface area contributed by atoms with Crippen LogP contribution in [0.3, 0.4) is 0 Å². The molecule has 0 spiro atoms. The van der Waals surface area contributed by atoms with E-state index in [1.165, 1.54) is 12.0 Å². The molecule has 0 saturated heterocycles. The molecule has 0 nitrogen and oxygen atoms in total. The van der Waals surface area contributed by atoms with Crippen molar-refractivity contribution in [2.75, 3.05) is 0 Å². The van der Waals surface area contributed by atoms with Crippen LogP contribution in [0.5, 0.6) is 0 Å². The summed E-state index contributed by atoms with van der Waals surface area (Å²) < 4.78 is 0. The number of rotatable bonds is 2. The predicted molar refractivity (Wildman–Crippen MR) is 51.0 cm³/mol. The molecule has 1 radical (unpaired) electrons. The second kappa shape index (κ2) is 3.72. The van der Waals surface area contributed by atoms with Gasteiger partial charge >= 0.3 is 0 Å². The van der Waals surface area contributed by atoms with Crippen molar-refractivity contribution in [2.24, 2.45) is 0 Å². The molecule has 1 rings (SSSR count). The van der Waals surface area contributed by atoms with Gasteiger partial charge in [-0.15, -0.1) is 0 Å². The molecule has 1 unspecified atom stereocenters. The Bertz CT molecular complexity index is 213. The Morgan fingerprint density at radius 3 is 2.27 bits per heavy atom. The molecule has 0 bridgehead atoms. The molecule has 0 fully saturated rings. The van der Waals surface area contributed by atoms with Crippen molar-refractivity contribution in [1.82, 2.24) is 0 Å². The van der Waals surface area contributed by atoms with Gasteiger partial charge in [-0.2, -0.15) is 0 Å². The third-order valence-electron chi connectivity index (χ3n) is 2.06. The van der Waals surface area contributed by atoms with E-state index >= 15 is 0 Å². The normalized spacial score (nSPS) is 12.9. The van der Waals surface area contributed by atoms with Crippen LogP contribution in [-0.4, -0.2) is 0 Å². The first-order chi connectivity index (χ1) is 5.24. The van der Waals surface area contributed by atoms with E-state index in [2.05, 4.69) is 26.0 Å². The Morgan fingerprint density at radius 1 is 1.27 bits per heavy atom. The van der Waals surface area contributed by atoms with E-state index in [1.54, 1.807) is 0 Å². The minimum atomic E-state index is 0.658. The summed E-state index contributed by atoms with van der Waals surface area (Å²) in [5.41, 5.74) is 1.39. The lowest BCUT2D eigenvalue weighted by Crippen LogP contribution is -1.89. The van der Waals surface area contributed by atoms with Crippen LogP contribution in [0.4, 0.5) is 0 Å². The number of benzene rings is 1. The van der Waals surface area contributed by atoms with E-state index < -0.39 is 0 Å². The molecule has 1 atom stereocenters. The number of hydrogen-bond donors (Lipinski definition) is 0. The van der Waals surface area contributed by atoms with Gasteiger partial charge in [0, 0.05) is 4.90 Å². The van der Waals surface area contributed by atoms with E-state index in [4.69, 9.17) is 12.6 Å². The van der Waals surface area contributed by atoms with Gasteiger partial charge in [-0.3, -0.25) is 0 Å². The third kappa shape index (κ3) is 2.19. The largest absolute Gasteiger partial charge is 0.0801 e. The standard InChI is InChI=1S/C10H13S/c1-3-8(2)9-4-6-10(11)7-5-9/h4-8H,3H2,1-2H3. The lowest BCUT2D eigenvalue weighted by molar-refractivity contribution is 0.733. The van der Waals surface area contributed by atoms with Crippen molar-refractivity contribution in [1.29, 1.82) is 0 Å². The second-order valence-corrected chi connectivity index (χ2v) is 3.35. The summed E-state index contributed by atoms with van der Waals surface area (Å²) >= 11 is 4.99. The zero-order chi connectivity index (χ0) is 8.27. The Hall–Kier alpha value is -0.560. The van der Waals surface area contributed by atoms with Gasteiger partial charge in [-0.05, 0) is 30.0 Å². The summed E-state index contributed by atoms with van der Waals surface area (Å²) in [5, 5.41) is 0. The molecule has 0 amide bonds. The van der Waals surface area contributed by atoms with Gasteiger partial charge < -0.3 is 0 Å². The van der Waals surface area contributed by atoms with E-state index in [0.29, 0.717) is 5.92 Å². The highest BCUT2D eigenvalue weighted by molar-refractivity contribution is 7.80. The van der Waals surface area contributed by atoms with Gasteiger partial charge in [-0.1, -0.05) is 38.6 Å². The maximum absolute atomic E-state index is 4.99. The Morgan fingerprint density at radius 2 is 1.82 bits per heavy atom. The van der Waals surface area contributed by atoms with Crippen LogP contribution in [-0.2, 0) is 0 Å². The predicted octanol–water partition coefficient (Wildman–Crippen LogP) is 3.76. The van der Waals surface area contributed by atoms with Crippen molar-refractivity contribution >= 4 is 12.6 Å². The van der Waals surface area contributed by atoms with Crippen LogP contribution >= 0.6 is 12.6 Å². The molecule has 0 aliphatic rings. The smallest absolute Gasteiger partial charge is 0.0377 e. The van der Waals surface area contributed by atoms with Crippen LogP contribution in [0, 0.1) is 0 Å². The molecule has 1 aromatic rings. The van der Waals surface area contributed by atoms with Crippen molar-refractivity contribution in [3.05, 3.63) is 29.8 Å². The second-order valence-electron chi connectivity index (χ2n) is 2.88. The first-order valence-electron chi connectivity index (χ1n) is 4.01. The molecule has 0 N–H and O–H groups in total. The van der Waals surface area contributed by atoms with Gasteiger partial charge in [-0.25, -0.2) is 0 Å². The highest BCUT2D eigenvalue weighted by Crippen LogP contribution is 2.19. The molecular formula is C10H13S. The monoisotopic (exact) mass is 165 g/mol. The summed E-state index contributed by atoms with van der Waals surface area (Å²) in [6.07, 6.45) is 1.19. The molecule has 1 aromatic carbocycles. The zero-order valence-corrected chi connectivity index (χ0v) is 7.82. The molecule has 0 aliphatic heterocycles. The molecule has 11 heavy (non-hydrogen) atoms. The first kappa shape index (κ1) is 8.54. The van der Waals surface area contributed by atoms with E-state index in [9.17, 15) is 0 Å². The first-order valence-corrected chi connectivity index (χ1v) is 4.42. The van der Waals surface area contributed by atoms with Gasteiger partial charge in [0.05, 0.1) is 0 Å². The quantitative estimate of drug-likeness (QED) is 0.626. The van der Waals surface area contributed by atoms with E-state index in [0.717, 1.165) is 4.90 Å². The fraction of sp³-hybridized carbons (Fsp3) is 0.400. The molecular weight excluding hydrogens is 152 g/mol. The lowest BCUT2D eigenvalue weighted by atomic mass is 9.99. The van der Waals surface area contributed by atoms with E-state index in [1.807, 2.05) is 12.1 Å². The van der Waals surface area contributed by atoms with Crippen LogP contribution in [0.15, 0.2) is 29.2 Å². The van der Waals surface area contributed by atoms with Crippen molar-refractivity contribution in [2.45, 2.75) is 31.1 Å². The SMILES string of the molecule is CCC(C)c1ccc([S])cc1. The van der Waals surface area contributed by atoms with Crippen LogP contribution < -0.4 is 0 Å². The summed E-state index contributed by atoms with van der Waals surface area (Å²) in [6, 6.07) is 8.24. The zero-order valence-electron chi connectivity index (χ0n) is 7.00. The summed E-state index contributed by atoms with van der Waals surface area (Å²) in [4.78, 5) is 0.928. The topological polar surface area (TPSA) is 0 Å². The summed E-state index contributed by atoms with van der Waals surface area (Å²) in [5.74, 6) is 0.658. The lowest BCUT2D eigenvalue weighted by Gasteiger charge is -2.07. The average Bonchev–Trinajstić information content (AvgIpc) is 2.05. The van der Waals surface area contributed by atoms with Gasteiger partial charge in [0.2, 0.25) is 0 Å². The molecule has 0 aromatic heterocycles. The Kier molecular flexibility index (Phi) is 2.89. The molecule has 0 heterocycles. The van der Waals surface area contributed by atoms with Crippen LogP contribution in [0.2, 0.25) is 0 Å². The highest BCUT2D eigenvalue weighted by Gasteiger charge is 2.00. The molecule has 0 aliphatic carbocycles. The van der Waals surface area contributed by atoms with Crippen molar-refractivity contribution in [3.8, 4) is 0 Å². The molecule has 59 valence electrons. The van der Waals surface area contributed by atoms with Gasteiger partial charge in [0.25, 0.3) is 0 Å². The highest BCUT2D eigenvalue weighted by atomic mass is 32.1. The third-order valence-corrected chi connectivity index (χ3v) is 2.33. The summed E-state index contributed by atoms with van der Waals surface area (Å²) in [6.45, 7) is 4.44. The van der Waals surface area contributed by atoms with Gasteiger partial charge in [0.15, 0.2) is 0 Å². The van der Waals surface area contributed by atoms with Gasteiger partial charge in [0.1, 0.15) is 0 Å². The van der Waals surface area contributed by atoms with Crippen LogP contribution in [0.1, 0.15) is 31.7 Å². The molecule has 0 saturated carbocycles. The molecule has 1 heteroatoms. The van der Waals surface area contributed by atoms with E-state index in [-0.39, 0.29) is 0 Å². The van der Waals surface area contributed by atoms with Crippen LogP contribution in [0.25, 0.3) is 0 Å². The minimum absolute atomic E-state index is 0.658. The van der Waals surface area contributed by atoms with Crippen molar-refractivity contribution in [3.63, 3.8) is 0 Å². The Labute approximate surface area is 74.0 Å². The minimum Gasteiger partial charge on any atom is -0.0801 e. The Balaban J connectivity index is 2.81. The maximum Gasteiger partial charge on any atom is 0.0377 e. The maximum atomic E-state index is 4.99. The fourth-order valence-electron chi connectivity index (χ4n) is 1.03. The average molecular weight is 165 g/mol. The number of hydrogen-bond acceptors (Lipinski definition) is 0. The fourth-order valence-corrected chi connectivity index (χ4v) is 1.17. The summed E-state index contributed by atoms with van der Waals surface area (Å²) in [7, 11) is 0.